The van der Waals surface area contributed by atoms with Gasteiger partial charge in [-0.15, -0.1) is 23.5 Å². The highest BCUT2D eigenvalue weighted by Crippen LogP contribution is 2.56. The van der Waals surface area contributed by atoms with Gasteiger partial charge in [0.05, 0.1) is 10.7 Å². The van der Waals surface area contributed by atoms with Crippen molar-refractivity contribution in [1.29, 1.82) is 0 Å². The van der Waals surface area contributed by atoms with Crippen LogP contribution in [-0.4, -0.2) is 44.8 Å². The quantitative estimate of drug-likeness (QED) is 0.812. The van der Waals surface area contributed by atoms with E-state index >= 15 is 0 Å². The highest BCUT2D eigenvalue weighted by molar-refractivity contribution is 8.21. The molecule has 0 aromatic rings. The van der Waals surface area contributed by atoms with E-state index in [1.807, 2.05) is 0 Å². The van der Waals surface area contributed by atoms with E-state index in [4.69, 9.17) is 4.74 Å². The van der Waals surface area contributed by atoms with Crippen LogP contribution >= 0.6 is 23.5 Å². The molecular formula is C12H18F2O3S2. The zero-order valence-corrected chi connectivity index (χ0v) is 12.4. The third kappa shape index (κ3) is 3.36. The summed E-state index contributed by atoms with van der Waals surface area (Å²) in [5.41, 5.74) is 0. The Balaban J connectivity index is 2.07. The smallest absolute Gasteiger partial charge is 0.377 e. The first-order valence-corrected chi connectivity index (χ1v) is 8.25. The third-order valence-electron chi connectivity index (χ3n) is 3.42. The van der Waals surface area contributed by atoms with Gasteiger partial charge >= 0.3 is 11.9 Å². The van der Waals surface area contributed by atoms with Crippen LogP contribution in [0.15, 0.2) is 0 Å². The number of aliphatic hydroxyl groups is 1. The van der Waals surface area contributed by atoms with Crippen LogP contribution < -0.4 is 0 Å². The summed E-state index contributed by atoms with van der Waals surface area (Å²) >= 11 is 3.23. The minimum absolute atomic E-state index is 0.0734. The summed E-state index contributed by atoms with van der Waals surface area (Å²) in [6.45, 7) is 0.639. The van der Waals surface area contributed by atoms with Crippen molar-refractivity contribution < 1.29 is 23.4 Å². The number of rotatable bonds is 3. The number of halogens is 2. The minimum Gasteiger partial charge on any atom is -0.456 e. The van der Waals surface area contributed by atoms with E-state index < -0.39 is 18.0 Å². The first-order valence-electron chi connectivity index (χ1n) is 6.39. The first-order chi connectivity index (χ1) is 8.87. The number of carbonyl (C=O) groups is 1. The highest BCUT2D eigenvalue weighted by atomic mass is 32.2. The SMILES string of the molecule is CC(F)(F)C(=O)OC1CCCCC12SCC(CO)S2. The molecule has 0 radical (unpaired) electrons. The second-order valence-corrected chi connectivity index (χ2v) is 8.31. The number of carbonyl (C=O) groups excluding carboxylic acids is 1. The molecule has 0 bridgehead atoms. The lowest BCUT2D eigenvalue weighted by Gasteiger charge is -2.39. The summed E-state index contributed by atoms with van der Waals surface area (Å²) in [5.74, 6) is -4.10. The van der Waals surface area contributed by atoms with Crippen molar-refractivity contribution in [1.82, 2.24) is 0 Å². The second-order valence-electron chi connectivity index (χ2n) is 5.07. The largest absolute Gasteiger partial charge is 0.456 e. The maximum absolute atomic E-state index is 13.0. The molecule has 0 aromatic heterocycles. The monoisotopic (exact) mass is 312 g/mol. The molecule has 1 heterocycles. The zero-order valence-electron chi connectivity index (χ0n) is 10.7. The lowest BCUT2D eigenvalue weighted by atomic mass is 9.96. The van der Waals surface area contributed by atoms with Crippen LogP contribution in [0.4, 0.5) is 8.78 Å². The van der Waals surface area contributed by atoms with E-state index in [0.717, 1.165) is 25.0 Å². The van der Waals surface area contributed by atoms with Gasteiger partial charge in [-0.3, -0.25) is 0 Å². The van der Waals surface area contributed by atoms with Gasteiger partial charge in [-0.1, -0.05) is 6.42 Å². The summed E-state index contributed by atoms with van der Waals surface area (Å²) in [6, 6.07) is 0. The molecule has 1 N–H and O–H groups in total. The van der Waals surface area contributed by atoms with Crippen molar-refractivity contribution in [2.75, 3.05) is 12.4 Å². The van der Waals surface area contributed by atoms with E-state index in [-0.39, 0.29) is 15.9 Å². The van der Waals surface area contributed by atoms with Gasteiger partial charge in [0.15, 0.2) is 0 Å². The summed E-state index contributed by atoms with van der Waals surface area (Å²) in [5, 5.41) is 9.32. The van der Waals surface area contributed by atoms with Crippen molar-refractivity contribution >= 4 is 29.5 Å². The van der Waals surface area contributed by atoms with Gasteiger partial charge in [0, 0.05) is 17.9 Å². The molecule has 0 amide bonds. The van der Waals surface area contributed by atoms with Gasteiger partial charge in [-0.2, -0.15) is 8.78 Å². The number of ether oxygens (including phenoxy) is 1. The topological polar surface area (TPSA) is 46.5 Å². The van der Waals surface area contributed by atoms with Crippen LogP contribution in [0.25, 0.3) is 0 Å². The molecule has 19 heavy (non-hydrogen) atoms. The van der Waals surface area contributed by atoms with Gasteiger partial charge in [0.2, 0.25) is 0 Å². The molecule has 1 spiro atoms. The minimum atomic E-state index is -3.44. The molecule has 110 valence electrons. The molecule has 1 aliphatic heterocycles. The Hall–Kier alpha value is -0.0100. The Kier molecular flexibility index (Phi) is 4.67. The number of hydrogen-bond donors (Lipinski definition) is 1. The van der Waals surface area contributed by atoms with E-state index in [1.165, 1.54) is 0 Å². The van der Waals surface area contributed by atoms with Crippen molar-refractivity contribution in [3.8, 4) is 0 Å². The lowest BCUT2D eigenvalue weighted by Crippen LogP contribution is -2.43. The van der Waals surface area contributed by atoms with Crippen molar-refractivity contribution in [3.63, 3.8) is 0 Å². The molecule has 3 nitrogen and oxygen atoms in total. The fraction of sp³-hybridized carbons (Fsp3) is 0.917. The Morgan fingerprint density at radius 1 is 1.53 bits per heavy atom. The zero-order chi connectivity index (χ0) is 14.1. The predicted molar refractivity (Wildman–Crippen MR) is 72.6 cm³/mol. The van der Waals surface area contributed by atoms with Crippen LogP contribution in [0, 0.1) is 0 Å². The van der Waals surface area contributed by atoms with Crippen LogP contribution in [-0.2, 0) is 9.53 Å². The molecule has 7 heteroatoms. The highest BCUT2D eigenvalue weighted by Gasteiger charge is 2.51. The summed E-state index contributed by atoms with van der Waals surface area (Å²) < 4.78 is 30.7. The average molecular weight is 312 g/mol. The Bertz CT molecular complexity index is 348. The van der Waals surface area contributed by atoms with Gasteiger partial charge < -0.3 is 9.84 Å². The summed E-state index contributed by atoms with van der Waals surface area (Å²) in [6.07, 6.45) is 2.88. The van der Waals surface area contributed by atoms with E-state index in [2.05, 4.69) is 0 Å². The lowest BCUT2D eigenvalue weighted by molar-refractivity contribution is -0.176. The molecule has 0 aromatic carbocycles. The number of alkyl halides is 2. The number of hydrogen-bond acceptors (Lipinski definition) is 5. The number of esters is 1. The van der Waals surface area contributed by atoms with Crippen LogP contribution in [0.1, 0.15) is 32.6 Å². The van der Waals surface area contributed by atoms with Crippen molar-refractivity contribution in [2.24, 2.45) is 0 Å². The second kappa shape index (κ2) is 5.77. The normalized spacial score (nSPS) is 35.6. The van der Waals surface area contributed by atoms with Gasteiger partial charge in [-0.05, 0) is 19.3 Å². The fourth-order valence-electron chi connectivity index (χ4n) is 2.44. The molecule has 1 aliphatic carbocycles. The molecule has 2 aliphatic rings. The van der Waals surface area contributed by atoms with Crippen LogP contribution in [0.3, 0.4) is 0 Å². The maximum Gasteiger partial charge on any atom is 0.377 e. The average Bonchev–Trinajstić information content (AvgIpc) is 2.75. The number of aliphatic hydroxyl groups excluding tert-OH is 1. The van der Waals surface area contributed by atoms with Gasteiger partial charge in [0.1, 0.15) is 6.10 Å². The molecular weight excluding hydrogens is 294 g/mol. The molecule has 3 atom stereocenters. The van der Waals surface area contributed by atoms with Gasteiger partial charge in [-0.25, -0.2) is 4.79 Å². The van der Waals surface area contributed by atoms with E-state index in [9.17, 15) is 18.7 Å². The Morgan fingerprint density at radius 2 is 2.26 bits per heavy atom. The molecule has 1 saturated heterocycles. The molecule has 2 rings (SSSR count). The molecule has 3 unspecified atom stereocenters. The van der Waals surface area contributed by atoms with E-state index in [1.54, 1.807) is 23.5 Å². The molecule has 2 fully saturated rings. The predicted octanol–water partition coefficient (Wildman–Crippen LogP) is 2.66. The summed E-state index contributed by atoms with van der Waals surface area (Å²) in [7, 11) is 0. The summed E-state index contributed by atoms with van der Waals surface area (Å²) in [4.78, 5) is 11.4. The first kappa shape index (κ1) is 15.4. The fourth-order valence-corrected chi connectivity index (χ4v) is 6.23. The Morgan fingerprint density at radius 3 is 2.84 bits per heavy atom. The van der Waals surface area contributed by atoms with Crippen LogP contribution in [0.5, 0.6) is 0 Å². The van der Waals surface area contributed by atoms with Gasteiger partial charge in [0.25, 0.3) is 0 Å². The maximum atomic E-state index is 13.0. The van der Waals surface area contributed by atoms with E-state index in [0.29, 0.717) is 13.3 Å². The van der Waals surface area contributed by atoms with Crippen molar-refractivity contribution in [3.05, 3.63) is 0 Å². The van der Waals surface area contributed by atoms with Crippen molar-refractivity contribution in [2.45, 2.75) is 54.0 Å². The molecule has 1 saturated carbocycles. The number of thioether (sulfide) groups is 2. The van der Waals surface area contributed by atoms with Crippen LogP contribution in [0.2, 0.25) is 0 Å². The standard InChI is InChI=1S/C12H18F2O3S2/c1-11(13,14)10(16)17-9-4-2-3-5-12(9)18-7-8(6-15)19-12/h8-9,15H,2-7H2,1H3. The third-order valence-corrected chi connectivity index (χ3v) is 7.32. The Labute approximate surface area is 119 Å².